The van der Waals surface area contributed by atoms with Crippen molar-refractivity contribution in [2.24, 2.45) is 5.92 Å². The molecule has 4 heteroatoms. The second-order valence-corrected chi connectivity index (χ2v) is 5.44. The summed E-state index contributed by atoms with van der Waals surface area (Å²) >= 11 is 0. The third-order valence-electron chi connectivity index (χ3n) is 4.02. The first-order valence-corrected chi connectivity index (χ1v) is 6.28. The number of aliphatic hydroxyl groups is 1. The molecular formula is C12H21F2NO. The molecule has 0 aromatic carbocycles. The van der Waals surface area contributed by atoms with Gasteiger partial charge in [0, 0.05) is 12.5 Å². The van der Waals surface area contributed by atoms with Crippen molar-refractivity contribution in [3.8, 4) is 0 Å². The van der Waals surface area contributed by atoms with E-state index in [0.717, 1.165) is 19.4 Å². The van der Waals surface area contributed by atoms with Crippen molar-refractivity contribution >= 4 is 0 Å². The van der Waals surface area contributed by atoms with Crippen molar-refractivity contribution in [3.05, 3.63) is 0 Å². The fourth-order valence-electron chi connectivity index (χ4n) is 3.06. The van der Waals surface area contributed by atoms with Crippen molar-refractivity contribution in [3.63, 3.8) is 0 Å². The zero-order valence-electron chi connectivity index (χ0n) is 9.83. The molecule has 0 aromatic rings. The Morgan fingerprint density at radius 2 is 2.06 bits per heavy atom. The van der Waals surface area contributed by atoms with Crippen LogP contribution in [0.5, 0.6) is 0 Å². The molecule has 3 atom stereocenters. The second-order valence-electron chi connectivity index (χ2n) is 5.44. The number of hydrogen-bond donors (Lipinski definition) is 1. The third-order valence-corrected chi connectivity index (χ3v) is 4.02. The van der Waals surface area contributed by atoms with Crippen LogP contribution in [-0.2, 0) is 0 Å². The Morgan fingerprint density at radius 3 is 2.75 bits per heavy atom. The van der Waals surface area contributed by atoms with E-state index in [1.54, 1.807) is 0 Å². The van der Waals surface area contributed by atoms with Crippen LogP contribution in [0.2, 0.25) is 0 Å². The average molecular weight is 233 g/mol. The molecule has 0 bridgehead atoms. The highest BCUT2D eigenvalue weighted by Gasteiger charge is 2.40. The van der Waals surface area contributed by atoms with E-state index in [9.17, 15) is 13.9 Å². The van der Waals surface area contributed by atoms with Crippen LogP contribution in [0.1, 0.15) is 39.0 Å². The van der Waals surface area contributed by atoms with E-state index in [0.29, 0.717) is 18.8 Å². The molecule has 3 unspecified atom stereocenters. The van der Waals surface area contributed by atoms with Crippen LogP contribution in [0, 0.1) is 5.92 Å². The van der Waals surface area contributed by atoms with Crippen LogP contribution in [0.3, 0.4) is 0 Å². The normalized spacial score (nSPS) is 40.9. The van der Waals surface area contributed by atoms with Gasteiger partial charge in [-0.15, -0.1) is 0 Å². The lowest BCUT2D eigenvalue weighted by Gasteiger charge is -2.43. The summed E-state index contributed by atoms with van der Waals surface area (Å²) in [5, 5.41) is 9.64. The third kappa shape index (κ3) is 2.72. The molecule has 1 saturated heterocycles. The molecule has 1 N–H and O–H groups in total. The number of alkyl halides is 2. The molecule has 1 aliphatic carbocycles. The van der Waals surface area contributed by atoms with Crippen LogP contribution in [0.4, 0.5) is 8.78 Å². The molecule has 2 nitrogen and oxygen atoms in total. The van der Waals surface area contributed by atoms with Gasteiger partial charge in [-0.2, -0.15) is 0 Å². The maximum atomic E-state index is 13.3. The fraction of sp³-hybridized carbons (Fsp3) is 1.00. The smallest absolute Gasteiger partial charge is 0.260 e. The number of aliphatic hydroxyl groups excluding tert-OH is 1. The van der Waals surface area contributed by atoms with Gasteiger partial charge in [-0.25, -0.2) is 8.78 Å². The standard InChI is InChI=1S/C12H21F2NO/c1-9-3-4-10(16)7-11(9)15-6-2-5-12(13,14)8-15/h9-11,16H,2-8H2,1H3. The van der Waals surface area contributed by atoms with Crippen molar-refractivity contribution in [1.29, 1.82) is 0 Å². The molecule has 0 spiro atoms. The molecule has 16 heavy (non-hydrogen) atoms. The Kier molecular flexibility index (Phi) is 3.50. The lowest BCUT2D eigenvalue weighted by molar-refractivity contribution is -0.0913. The lowest BCUT2D eigenvalue weighted by Crippen LogP contribution is -2.52. The molecule has 0 radical (unpaired) electrons. The van der Waals surface area contributed by atoms with Gasteiger partial charge in [0.25, 0.3) is 5.92 Å². The number of hydrogen-bond acceptors (Lipinski definition) is 2. The summed E-state index contributed by atoms with van der Waals surface area (Å²) in [6.07, 6.45) is 2.74. The molecule has 0 amide bonds. The van der Waals surface area contributed by atoms with Crippen LogP contribution < -0.4 is 0 Å². The molecule has 94 valence electrons. The van der Waals surface area contributed by atoms with Crippen LogP contribution in [-0.4, -0.2) is 41.2 Å². The van der Waals surface area contributed by atoms with Crippen molar-refractivity contribution in [2.45, 2.75) is 57.1 Å². The van der Waals surface area contributed by atoms with E-state index in [-0.39, 0.29) is 25.1 Å². The summed E-state index contributed by atoms with van der Waals surface area (Å²) in [4.78, 5) is 1.90. The molecule has 1 aliphatic heterocycles. The highest BCUT2D eigenvalue weighted by Crippen LogP contribution is 2.34. The largest absolute Gasteiger partial charge is 0.393 e. The van der Waals surface area contributed by atoms with E-state index in [4.69, 9.17) is 0 Å². The first-order valence-electron chi connectivity index (χ1n) is 6.28. The van der Waals surface area contributed by atoms with Gasteiger partial charge in [0.15, 0.2) is 0 Å². The SMILES string of the molecule is CC1CCC(O)CC1N1CCCC(F)(F)C1. The number of halogens is 2. The van der Waals surface area contributed by atoms with Gasteiger partial charge in [0.05, 0.1) is 12.6 Å². The quantitative estimate of drug-likeness (QED) is 0.751. The summed E-state index contributed by atoms with van der Waals surface area (Å²) in [6.45, 7) is 2.76. The topological polar surface area (TPSA) is 23.5 Å². The summed E-state index contributed by atoms with van der Waals surface area (Å²) in [6, 6.07) is 0.148. The number of likely N-dealkylation sites (tertiary alicyclic amines) is 1. The summed E-state index contributed by atoms with van der Waals surface area (Å²) in [7, 11) is 0. The van der Waals surface area contributed by atoms with Gasteiger partial charge >= 0.3 is 0 Å². The highest BCUT2D eigenvalue weighted by molar-refractivity contribution is 4.89. The summed E-state index contributed by atoms with van der Waals surface area (Å²) in [5.74, 6) is -2.10. The van der Waals surface area contributed by atoms with Gasteiger partial charge < -0.3 is 5.11 Å². The van der Waals surface area contributed by atoms with E-state index in [1.165, 1.54) is 0 Å². The Balaban J connectivity index is 1.99. The Hall–Kier alpha value is -0.220. The number of piperidine rings is 1. The van der Waals surface area contributed by atoms with Gasteiger partial charge in [-0.3, -0.25) is 4.90 Å². The van der Waals surface area contributed by atoms with E-state index in [2.05, 4.69) is 6.92 Å². The van der Waals surface area contributed by atoms with Gasteiger partial charge in [-0.05, 0) is 38.1 Å². The predicted molar refractivity (Wildman–Crippen MR) is 58.6 cm³/mol. The number of nitrogens with zero attached hydrogens (tertiary/aromatic N) is 1. The summed E-state index contributed by atoms with van der Waals surface area (Å²) in [5.41, 5.74) is 0. The molecule has 0 aromatic heterocycles. The Bertz CT molecular complexity index is 247. The zero-order chi connectivity index (χ0) is 11.8. The second kappa shape index (κ2) is 4.57. The van der Waals surface area contributed by atoms with Crippen molar-refractivity contribution in [1.82, 2.24) is 4.90 Å². The maximum absolute atomic E-state index is 13.3. The molecular weight excluding hydrogens is 212 g/mol. The average Bonchev–Trinajstić information content (AvgIpc) is 2.20. The van der Waals surface area contributed by atoms with Crippen molar-refractivity contribution in [2.75, 3.05) is 13.1 Å². The Labute approximate surface area is 95.6 Å². The van der Waals surface area contributed by atoms with Crippen LogP contribution in [0.15, 0.2) is 0 Å². The molecule has 2 aliphatic rings. The molecule has 2 rings (SSSR count). The van der Waals surface area contributed by atoms with E-state index < -0.39 is 5.92 Å². The predicted octanol–water partition coefficient (Wildman–Crippen LogP) is 2.27. The van der Waals surface area contributed by atoms with E-state index in [1.807, 2.05) is 4.90 Å². The van der Waals surface area contributed by atoms with E-state index >= 15 is 0 Å². The number of rotatable bonds is 1. The first kappa shape index (κ1) is 12.2. The highest BCUT2D eigenvalue weighted by atomic mass is 19.3. The van der Waals surface area contributed by atoms with Gasteiger partial charge in [0.1, 0.15) is 0 Å². The maximum Gasteiger partial charge on any atom is 0.260 e. The molecule has 2 fully saturated rings. The van der Waals surface area contributed by atoms with Crippen molar-refractivity contribution < 1.29 is 13.9 Å². The summed E-state index contributed by atoms with van der Waals surface area (Å²) < 4.78 is 26.7. The Morgan fingerprint density at radius 1 is 1.31 bits per heavy atom. The van der Waals surface area contributed by atoms with Crippen LogP contribution >= 0.6 is 0 Å². The fourth-order valence-corrected chi connectivity index (χ4v) is 3.06. The van der Waals surface area contributed by atoms with Crippen LogP contribution in [0.25, 0.3) is 0 Å². The zero-order valence-corrected chi connectivity index (χ0v) is 9.83. The molecule has 1 saturated carbocycles. The lowest BCUT2D eigenvalue weighted by atomic mass is 9.82. The first-order chi connectivity index (χ1) is 7.48. The monoisotopic (exact) mass is 233 g/mol. The van der Waals surface area contributed by atoms with Gasteiger partial charge in [-0.1, -0.05) is 6.92 Å². The minimum absolute atomic E-state index is 0.0210. The van der Waals surface area contributed by atoms with Gasteiger partial charge in [0.2, 0.25) is 0 Å². The minimum Gasteiger partial charge on any atom is -0.393 e. The molecule has 1 heterocycles. The minimum atomic E-state index is -2.53.